The largest absolute Gasteiger partial charge is 0.473 e. The van der Waals surface area contributed by atoms with Crippen LogP contribution >= 0.6 is 15.9 Å². The molecule has 1 aromatic carbocycles. The zero-order chi connectivity index (χ0) is 15.4. The van der Waals surface area contributed by atoms with Crippen molar-refractivity contribution in [2.75, 3.05) is 11.1 Å². The van der Waals surface area contributed by atoms with Gasteiger partial charge in [0.1, 0.15) is 12.0 Å². The third-order valence-electron chi connectivity index (χ3n) is 2.55. The van der Waals surface area contributed by atoms with Crippen molar-refractivity contribution in [1.82, 2.24) is 9.97 Å². The van der Waals surface area contributed by atoms with Gasteiger partial charge in [-0.2, -0.15) is 10.2 Å². The van der Waals surface area contributed by atoms with E-state index in [0.29, 0.717) is 22.9 Å². The van der Waals surface area contributed by atoms with Gasteiger partial charge in [0.25, 0.3) is 0 Å². The molecule has 0 radical (unpaired) electrons. The molecular weight excluding hydrogens is 334 g/mol. The van der Waals surface area contributed by atoms with Gasteiger partial charge < -0.3 is 15.8 Å². The molecule has 0 aliphatic heterocycles. The third-order valence-corrected chi connectivity index (χ3v) is 3.20. The summed E-state index contributed by atoms with van der Waals surface area (Å²) in [6.07, 6.45) is 1.35. The summed E-state index contributed by atoms with van der Waals surface area (Å²) in [5.74, 6) is 0.790. The van der Waals surface area contributed by atoms with Crippen molar-refractivity contribution in [3.05, 3.63) is 34.6 Å². The lowest BCUT2D eigenvalue weighted by Crippen LogP contribution is -2.11. The lowest BCUT2D eigenvalue weighted by Gasteiger charge is -2.14. The van der Waals surface area contributed by atoms with Crippen LogP contribution in [0.25, 0.3) is 0 Å². The number of benzene rings is 1. The predicted octanol–water partition coefficient (Wildman–Crippen LogP) is 3.22. The van der Waals surface area contributed by atoms with Gasteiger partial charge in [0, 0.05) is 4.47 Å². The zero-order valence-corrected chi connectivity index (χ0v) is 13.2. The van der Waals surface area contributed by atoms with Crippen molar-refractivity contribution in [2.45, 2.75) is 20.0 Å². The minimum absolute atomic E-state index is 0.0308. The summed E-state index contributed by atoms with van der Waals surface area (Å²) in [5.41, 5.74) is 7.65. The number of hydrogen-bond acceptors (Lipinski definition) is 6. The van der Waals surface area contributed by atoms with Crippen molar-refractivity contribution in [2.24, 2.45) is 0 Å². The molecule has 0 saturated heterocycles. The smallest absolute Gasteiger partial charge is 0.242 e. The Labute approximate surface area is 131 Å². The van der Waals surface area contributed by atoms with Gasteiger partial charge >= 0.3 is 0 Å². The molecule has 0 amide bonds. The fourth-order valence-corrected chi connectivity index (χ4v) is 2.09. The minimum atomic E-state index is -0.0308. The van der Waals surface area contributed by atoms with E-state index in [4.69, 9.17) is 15.7 Å². The highest BCUT2D eigenvalue weighted by Gasteiger charge is 2.12. The molecule has 0 unspecified atom stereocenters. The minimum Gasteiger partial charge on any atom is -0.473 e. The maximum absolute atomic E-state index is 8.86. The fraction of sp³-hybridized carbons (Fsp3) is 0.214. The second-order valence-corrected chi connectivity index (χ2v) is 5.39. The average molecular weight is 348 g/mol. The lowest BCUT2D eigenvalue weighted by atomic mass is 10.2. The molecule has 3 N–H and O–H groups in total. The number of nitrogens with zero attached hydrogens (tertiary/aromatic N) is 3. The van der Waals surface area contributed by atoms with Crippen molar-refractivity contribution >= 4 is 33.1 Å². The van der Waals surface area contributed by atoms with Crippen LogP contribution in [0.1, 0.15) is 19.4 Å². The van der Waals surface area contributed by atoms with E-state index in [1.165, 1.54) is 6.33 Å². The average Bonchev–Trinajstić information content (AvgIpc) is 2.44. The van der Waals surface area contributed by atoms with Crippen LogP contribution in [0.15, 0.2) is 29.0 Å². The summed E-state index contributed by atoms with van der Waals surface area (Å²) in [7, 11) is 0. The summed E-state index contributed by atoms with van der Waals surface area (Å²) in [6, 6.07) is 7.26. The molecule has 1 heterocycles. The Kier molecular flexibility index (Phi) is 4.60. The maximum atomic E-state index is 8.86. The number of nitrogens with two attached hydrogens (primary N) is 1. The first kappa shape index (κ1) is 15.1. The summed E-state index contributed by atoms with van der Waals surface area (Å²) in [6.45, 7) is 3.79. The number of halogens is 1. The number of nitrogen functional groups attached to an aromatic ring is 1. The standard InChI is InChI=1S/C14H14BrN5O/c1-8(2)21-14-12(17)13(18-7-19-14)20-11-4-3-9(6-16)5-10(11)15/h3-5,7-8H,17H2,1-2H3,(H,18,19,20). The molecule has 7 heteroatoms. The Morgan fingerprint density at radius 1 is 1.38 bits per heavy atom. The third kappa shape index (κ3) is 3.61. The summed E-state index contributed by atoms with van der Waals surface area (Å²) in [5, 5.41) is 12.0. The van der Waals surface area contributed by atoms with Crippen LogP contribution in [0.5, 0.6) is 5.88 Å². The van der Waals surface area contributed by atoms with Crippen molar-refractivity contribution in [1.29, 1.82) is 5.26 Å². The molecule has 6 nitrogen and oxygen atoms in total. The molecule has 0 saturated carbocycles. The number of hydrogen-bond donors (Lipinski definition) is 2. The molecule has 108 valence electrons. The van der Waals surface area contributed by atoms with Crippen molar-refractivity contribution < 1.29 is 4.74 Å². The van der Waals surface area contributed by atoms with Gasteiger partial charge in [0.05, 0.1) is 23.4 Å². The van der Waals surface area contributed by atoms with E-state index >= 15 is 0 Å². The molecule has 21 heavy (non-hydrogen) atoms. The molecule has 0 bridgehead atoms. The monoisotopic (exact) mass is 347 g/mol. The summed E-state index contributed by atoms with van der Waals surface area (Å²) < 4.78 is 6.26. The number of nitrogens with one attached hydrogen (secondary N) is 1. The molecule has 2 rings (SSSR count). The maximum Gasteiger partial charge on any atom is 0.242 e. The van der Waals surface area contributed by atoms with Crippen LogP contribution in [0.3, 0.4) is 0 Å². The van der Waals surface area contributed by atoms with Crippen LogP contribution in [0.2, 0.25) is 0 Å². The van der Waals surface area contributed by atoms with Crippen LogP contribution in [0, 0.1) is 11.3 Å². The highest BCUT2D eigenvalue weighted by Crippen LogP contribution is 2.31. The molecular formula is C14H14BrN5O. The quantitative estimate of drug-likeness (QED) is 0.881. The highest BCUT2D eigenvalue weighted by molar-refractivity contribution is 9.10. The predicted molar refractivity (Wildman–Crippen MR) is 84.3 cm³/mol. The molecule has 0 atom stereocenters. The van der Waals surface area contributed by atoms with E-state index in [1.807, 2.05) is 13.8 Å². The number of ether oxygens (including phenoxy) is 1. The molecule has 0 fully saturated rings. The molecule has 0 spiro atoms. The van der Waals surface area contributed by atoms with E-state index in [-0.39, 0.29) is 6.10 Å². The Hall–Kier alpha value is -2.33. The van der Waals surface area contributed by atoms with E-state index < -0.39 is 0 Å². The first-order valence-electron chi connectivity index (χ1n) is 6.25. The van der Waals surface area contributed by atoms with Gasteiger partial charge in [-0.15, -0.1) is 0 Å². The highest BCUT2D eigenvalue weighted by atomic mass is 79.9. The van der Waals surface area contributed by atoms with E-state index in [2.05, 4.69) is 37.3 Å². The normalized spacial score (nSPS) is 10.2. The summed E-state index contributed by atoms with van der Waals surface area (Å²) >= 11 is 3.40. The molecule has 1 aromatic heterocycles. The topological polar surface area (TPSA) is 96.9 Å². The van der Waals surface area contributed by atoms with Gasteiger partial charge in [-0.25, -0.2) is 4.98 Å². The van der Waals surface area contributed by atoms with E-state index in [0.717, 1.165) is 10.2 Å². The Morgan fingerprint density at radius 3 is 2.76 bits per heavy atom. The Balaban J connectivity index is 2.30. The second-order valence-electron chi connectivity index (χ2n) is 4.54. The number of aromatic nitrogens is 2. The van der Waals surface area contributed by atoms with Gasteiger partial charge in [0.2, 0.25) is 5.88 Å². The van der Waals surface area contributed by atoms with Gasteiger partial charge in [-0.3, -0.25) is 0 Å². The van der Waals surface area contributed by atoms with E-state index in [1.54, 1.807) is 18.2 Å². The molecule has 0 aliphatic carbocycles. The van der Waals surface area contributed by atoms with E-state index in [9.17, 15) is 0 Å². The number of rotatable bonds is 4. The first-order valence-corrected chi connectivity index (χ1v) is 7.04. The lowest BCUT2D eigenvalue weighted by molar-refractivity contribution is 0.234. The number of nitriles is 1. The molecule has 0 aliphatic rings. The van der Waals surface area contributed by atoms with Crippen LogP contribution in [-0.4, -0.2) is 16.1 Å². The van der Waals surface area contributed by atoms with Crippen LogP contribution in [0.4, 0.5) is 17.2 Å². The van der Waals surface area contributed by atoms with Crippen molar-refractivity contribution in [3.63, 3.8) is 0 Å². The first-order chi connectivity index (χ1) is 10.0. The van der Waals surface area contributed by atoms with Crippen LogP contribution in [-0.2, 0) is 0 Å². The zero-order valence-electron chi connectivity index (χ0n) is 11.6. The second kappa shape index (κ2) is 6.41. The van der Waals surface area contributed by atoms with Gasteiger partial charge in [-0.1, -0.05) is 0 Å². The van der Waals surface area contributed by atoms with Crippen LogP contribution < -0.4 is 15.8 Å². The van der Waals surface area contributed by atoms with Gasteiger partial charge in [0.15, 0.2) is 5.82 Å². The van der Waals surface area contributed by atoms with Crippen molar-refractivity contribution in [3.8, 4) is 11.9 Å². The van der Waals surface area contributed by atoms with Gasteiger partial charge in [-0.05, 0) is 48.0 Å². The molecule has 2 aromatic rings. The Morgan fingerprint density at radius 2 is 2.14 bits per heavy atom. The number of anilines is 3. The summed E-state index contributed by atoms with van der Waals surface area (Å²) in [4.78, 5) is 8.13. The SMILES string of the molecule is CC(C)Oc1ncnc(Nc2ccc(C#N)cc2Br)c1N. The Bertz CT molecular complexity index is 696. The fourth-order valence-electron chi connectivity index (χ4n) is 1.61.